The molecule has 0 saturated carbocycles. The average molecular weight is 407 g/mol. The van der Waals surface area contributed by atoms with Crippen molar-refractivity contribution in [3.8, 4) is 0 Å². The molecule has 0 aliphatic heterocycles. The highest BCUT2D eigenvalue weighted by atomic mass is 35.5. The second-order valence-electron chi connectivity index (χ2n) is 5.24. The summed E-state index contributed by atoms with van der Waals surface area (Å²) in [6.45, 7) is 2.55. The number of hydrogen-bond acceptors (Lipinski definition) is 4. The molecule has 2 aromatic rings. The fourth-order valence-corrected chi connectivity index (χ4v) is 3.04. The van der Waals surface area contributed by atoms with Crippen LogP contribution >= 0.6 is 22.9 Å². The molecule has 1 aromatic heterocycles. The number of rotatable bonds is 6. The maximum absolute atomic E-state index is 12.6. The van der Waals surface area contributed by atoms with E-state index in [0.717, 1.165) is 16.7 Å². The third-order valence-corrected chi connectivity index (χ3v) is 4.46. The molecule has 0 aliphatic carbocycles. The number of aliphatic imine (C=N–C) groups is 1. The molecule has 0 amide bonds. The van der Waals surface area contributed by atoms with Gasteiger partial charge in [0.15, 0.2) is 11.7 Å². The molecule has 26 heavy (non-hydrogen) atoms. The third kappa shape index (κ3) is 5.86. The van der Waals surface area contributed by atoms with E-state index in [-0.39, 0.29) is 18.1 Å². The van der Waals surface area contributed by atoms with Crippen molar-refractivity contribution in [1.82, 2.24) is 15.6 Å². The number of nitrogens with zero attached hydrogens (tertiary/aromatic N) is 2. The lowest BCUT2D eigenvalue weighted by molar-refractivity contribution is -0.140. The molecular formula is C16H18ClF3N4OS. The van der Waals surface area contributed by atoms with Crippen molar-refractivity contribution >= 4 is 28.9 Å². The summed E-state index contributed by atoms with van der Waals surface area (Å²) in [7, 11) is 0. The predicted molar refractivity (Wildman–Crippen MR) is 96.3 cm³/mol. The number of benzene rings is 1. The fourth-order valence-electron chi connectivity index (χ4n) is 2.05. The smallest absolute Gasteiger partial charge is 0.387 e. The lowest BCUT2D eigenvalue weighted by Crippen LogP contribution is -2.39. The van der Waals surface area contributed by atoms with E-state index in [9.17, 15) is 18.3 Å². The molecule has 0 fully saturated rings. The van der Waals surface area contributed by atoms with Gasteiger partial charge in [-0.25, -0.2) is 9.98 Å². The Labute approximate surface area is 157 Å². The minimum absolute atomic E-state index is 0.00172. The van der Waals surface area contributed by atoms with E-state index in [0.29, 0.717) is 23.1 Å². The Morgan fingerprint density at radius 2 is 2.08 bits per heavy atom. The van der Waals surface area contributed by atoms with Crippen molar-refractivity contribution in [3.05, 3.63) is 50.9 Å². The first-order valence-electron chi connectivity index (χ1n) is 7.77. The van der Waals surface area contributed by atoms with Gasteiger partial charge in [-0.15, -0.1) is 11.3 Å². The number of aromatic nitrogens is 1. The van der Waals surface area contributed by atoms with Crippen molar-refractivity contribution < 1.29 is 18.3 Å². The summed E-state index contributed by atoms with van der Waals surface area (Å²) in [5, 5.41) is 17.8. The number of alkyl halides is 3. The van der Waals surface area contributed by atoms with Crippen LogP contribution in [-0.2, 0) is 12.7 Å². The van der Waals surface area contributed by atoms with Crippen LogP contribution in [0.3, 0.4) is 0 Å². The zero-order valence-corrected chi connectivity index (χ0v) is 15.4. The zero-order valence-electron chi connectivity index (χ0n) is 13.8. The molecule has 3 N–H and O–H groups in total. The number of halogens is 4. The number of aliphatic hydroxyl groups excluding tert-OH is 1. The Balaban J connectivity index is 1.98. The number of nitrogens with one attached hydrogen (secondary N) is 2. The third-order valence-electron chi connectivity index (χ3n) is 3.29. The van der Waals surface area contributed by atoms with E-state index in [1.807, 2.05) is 6.92 Å². The van der Waals surface area contributed by atoms with Gasteiger partial charge in [0.2, 0.25) is 0 Å². The summed E-state index contributed by atoms with van der Waals surface area (Å²) < 4.78 is 37.7. The van der Waals surface area contributed by atoms with Crippen LogP contribution in [0.4, 0.5) is 13.2 Å². The molecule has 142 valence electrons. The lowest BCUT2D eigenvalue weighted by atomic mass is 10.1. The van der Waals surface area contributed by atoms with Crippen molar-refractivity contribution in [1.29, 1.82) is 0 Å². The highest BCUT2D eigenvalue weighted by Gasteiger charge is 2.33. The minimum atomic E-state index is -4.46. The van der Waals surface area contributed by atoms with Crippen LogP contribution in [0.15, 0.2) is 34.6 Å². The normalized spacial score (nSPS) is 13.5. The second-order valence-corrected chi connectivity index (χ2v) is 6.59. The van der Waals surface area contributed by atoms with Crippen LogP contribution in [0.25, 0.3) is 0 Å². The van der Waals surface area contributed by atoms with Crippen molar-refractivity contribution in [2.75, 3.05) is 13.1 Å². The van der Waals surface area contributed by atoms with Crippen LogP contribution in [-0.4, -0.2) is 29.1 Å². The molecule has 5 nitrogen and oxygen atoms in total. The summed E-state index contributed by atoms with van der Waals surface area (Å²) in [5.74, 6) is 0.363. The van der Waals surface area contributed by atoms with Gasteiger partial charge in [-0.2, -0.15) is 13.2 Å². The van der Waals surface area contributed by atoms with Gasteiger partial charge in [0.1, 0.15) is 5.01 Å². The first kappa shape index (κ1) is 20.5. The SMILES string of the molecule is CCNC(=NCc1nc(C(F)(F)F)cs1)NCC(O)c1ccccc1Cl. The summed E-state index contributed by atoms with van der Waals surface area (Å²) in [6, 6.07) is 6.93. The summed E-state index contributed by atoms with van der Waals surface area (Å²) in [4.78, 5) is 7.73. The molecular weight excluding hydrogens is 389 g/mol. The van der Waals surface area contributed by atoms with Gasteiger partial charge in [0.05, 0.1) is 12.6 Å². The lowest BCUT2D eigenvalue weighted by Gasteiger charge is -2.16. The van der Waals surface area contributed by atoms with Crippen LogP contribution in [0.1, 0.15) is 29.3 Å². The van der Waals surface area contributed by atoms with E-state index in [4.69, 9.17) is 11.6 Å². The van der Waals surface area contributed by atoms with E-state index >= 15 is 0 Å². The molecule has 0 aliphatic rings. The van der Waals surface area contributed by atoms with E-state index < -0.39 is 18.0 Å². The molecule has 0 bridgehead atoms. The highest BCUT2D eigenvalue weighted by molar-refractivity contribution is 7.09. The number of hydrogen-bond donors (Lipinski definition) is 3. The average Bonchev–Trinajstić information content (AvgIpc) is 3.07. The summed E-state index contributed by atoms with van der Waals surface area (Å²) in [6.07, 6.45) is -5.32. The Hall–Kier alpha value is -1.84. The van der Waals surface area contributed by atoms with E-state index in [1.165, 1.54) is 0 Å². The maximum Gasteiger partial charge on any atom is 0.434 e. The number of thiazole rings is 1. The molecule has 2 rings (SSSR count). The standard InChI is InChI=1S/C16H18ClF3N4OS/c1-2-21-15(22-7-12(25)10-5-3-4-6-11(10)17)23-8-14-24-13(9-26-14)16(18,19)20/h3-6,9,12,25H,2,7-8H2,1H3,(H2,21,22,23). The monoisotopic (exact) mass is 406 g/mol. The quantitative estimate of drug-likeness (QED) is 0.506. The summed E-state index contributed by atoms with van der Waals surface area (Å²) >= 11 is 6.94. The van der Waals surface area contributed by atoms with Gasteiger partial charge in [0.25, 0.3) is 0 Å². The molecule has 0 radical (unpaired) electrons. The highest BCUT2D eigenvalue weighted by Crippen LogP contribution is 2.30. The minimum Gasteiger partial charge on any atom is -0.387 e. The second kappa shape index (κ2) is 9.20. The predicted octanol–water partition coefficient (Wildman–Crippen LogP) is 3.60. The van der Waals surface area contributed by atoms with Gasteiger partial charge >= 0.3 is 6.18 Å². The van der Waals surface area contributed by atoms with Gasteiger partial charge in [-0.1, -0.05) is 29.8 Å². The molecule has 10 heteroatoms. The Bertz CT molecular complexity index is 751. The fraction of sp³-hybridized carbons (Fsp3) is 0.375. The number of aliphatic hydroxyl groups is 1. The van der Waals surface area contributed by atoms with Crippen molar-refractivity contribution in [2.45, 2.75) is 25.7 Å². The largest absolute Gasteiger partial charge is 0.434 e. The van der Waals surface area contributed by atoms with Crippen LogP contribution in [0.2, 0.25) is 5.02 Å². The van der Waals surface area contributed by atoms with Crippen LogP contribution < -0.4 is 10.6 Å². The zero-order chi connectivity index (χ0) is 19.2. The van der Waals surface area contributed by atoms with E-state index in [2.05, 4.69) is 20.6 Å². The first-order valence-corrected chi connectivity index (χ1v) is 9.03. The Morgan fingerprint density at radius 1 is 1.35 bits per heavy atom. The van der Waals surface area contributed by atoms with Gasteiger partial charge < -0.3 is 15.7 Å². The van der Waals surface area contributed by atoms with Gasteiger partial charge in [-0.3, -0.25) is 0 Å². The molecule has 1 heterocycles. The van der Waals surface area contributed by atoms with Crippen LogP contribution in [0, 0.1) is 0 Å². The van der Waals surface area contributed by atoms with Crippen molar-refractivity contribution in [3.63, 3.8) is 0 Å². The Morgan fingerprint density at radius 3 is 2.69 bits per heavy atom. The maximum atomic E-state index is 12.6. The topological polar surface area (TPSA) is 69.5 Å². The summed E-state index contributed by atoms with van der Waals surface area (Å²) in [5.41, 5.74) is -0.341. The van der Waals surface area contributed by atoms with E-state index in [1.54, 1.807) is 24.3 Å². The van der Waals surface area contributed by atoms with Gasteiger partial charge in [-0.05, 0) is 13.0 Å². The molecule has 0 spiro atoms. The van der Waals surface area contributed by atoms with Crippen molar-refractivity contribution in [2.24, 2.45) is 4.99 Å². The number of guanidine groups is 1. The molecule has 1 atom stereocenters. The van der Waals surface area contributed by atoms with Gasteiger partial charge in [0, 0.05) is 29.1 Å². The van der Waals surface area contributed by atoms with Crippen LogP contribution in [0.5, 0.6) is 0 Å². The molecule has 1 unspecified atom stereocenters. The first-order chi connectivity index (χ1) is 12.3. The molecule has 0 saturated heterocycles. The molecule has 1 aromatic carbocycles. The Kier molecular flexibility index (Phi) is 7.24.